The number of hydrogen-bond acceptors (Lipinski definition) is 4. The van der Waals surface area contributed by atoms with Crippen molar-refractivity contribution in [2.75, 3.05) is 5.01 Å². The highest BCUT2D eigenvalue weighted by atomic mass is 16.4. The van der Waals surface area contributed by atoms with Crippen molar-refractivity contribution in [2.45, 2.75) is 84.7 Å². The van der Waals surface area contributed by atoms with Crippen LogP contribution in [0.15, 0.2) is 169 Å². The summed E-state index contributed by atoms with van der Waals surface area (Å²) in [5.41, 5.74) is 14.9. The summed E-state index contributed by atoms with van der Waals surface area (Å²) >= 11 is 0. The lowest BCUT2D eigenvalue weighted by atomic mass is 9.86. The van der Waals surface area contributed by atoms with Gasteiger partial charge in [0.2, 0.25) is 0 Å². The number of aromatic carboxylic acids is 2. The maximum Gasteiger partial charge on any atom is 0.335 e. The Hall–Kier alpha value is -7.51. The van der Waals surface area contributed by atoms with Gasteiger partial charge >= 0.3 is 11.9 Å². The Balaban J connectivity index is 1.02. The lowest BCUT2D eigenvalue weighted by Gasteiger charge is -2.24. The van der Waals surface area contributed by atoms with Gasteiger partial charge in [-0.1, -0.05) is 157 Å². The summed E-state index contributed by atoms with van der Waals surface area (Å²) in [6.07, 6.45) is 9.79. The summed E-state index contributed by atoms with van der Waals surface area (Å²) < 4.78 is 2.58. The predicted octanol–water partition coefficient (Wildman–Crippen LogP) is 15.7. The number of anilines is 1. The van der Waals surface area contributed by atoms with E-state index < -0.39 is 11.9 Å². The number of allylic oxidation sites excluding steroid dienone is 1. The first-order valence-corrected chi connectivity index (χ1v) is 24.0. The van der Waals surface area contributed by atoms with Gasteiger partial charge in [-0.15, -0.1) is 0 Å². The van der Waals surface area contributed by atoms with Crippen molar-refractivity contribution in [1.29, 1.82) is 0 Å². The van der Waals surface area contributed by atoms with E-state index in [1.807, 2.05) is 24.3 Å². The first-order valence-electron chi connectivity index (χ1n) is 24.0. The van der Waals surface area contributed by atoms with Crippen molar-refractivity contribution in [1.82, 2.24) is 4.57 Å². The van der Waals surface area contributed by atoms with Gasteiger partial charge in [0.1, 0.15) is 0 Å². The van der Waals surface area contributed by atoms with Crippen LogP contribution in [0, 0.1) is 5.92 Å². The van der Waals surface area contributed by atoms with Crippen LogP contribution in [0.5, 0.6) is 0 Å². The van der Waals surface area contributed by atoms with E-state index in [9.17, 15) is 19.8 Å². The van der Waals surface area contributed by atoms with Crippen LogP contribution in [0.1, 0.15) is 110 Å². The molecule has 0 saturated carbocycles. The fraction of sp³-hybridized carbons (Fsp3) is 0.230. The van der Waals surface area contributed by atoms with Gasteiger partial charge in [-0.05, 0) is 135 Å². The van der Waals surface area contributed by atoms with E-state index in [1.54, 1.807) is 24.3 Å². The van der Waals surface area contributed by atoms with Gasteiger partial charge in [0, 0.05) is 34.8 Å². The Morgan fingerprint density at radius 3 is 1.68 bits per heavy atom. The standard InChI is InChI=1S/C61H59N3O4/c1-6-8-9-40(7-2)39-63-56-34-29-50(36-54(56)55-37-51(61(3,4)5)30-35-57(55)63)46-27-32-53(33-28-46)64-58(47-21-15-43(16-22-47)45-19-25-49(26-20-45)60(67)68)38-52(62-64)31-12-41-10-13-42(14-11-41)44-17-23-48(24-18-44)59(65)66/h10-37,40,58H,6-9,38-39H2,1-5H3,(H,65,66)(H,67,68)/b31-12+. The predicted molar refractivity (Wildman–Crippen MR) is 281 cm³/mol. The van der Waals surface area contributed by atoms with Gasteiger partial charge in [-0.2, -0.15) is 5.10 Å². The van der Waals surface area contributed by atoms with Crippen molar-refractivity contribution >= 4 is 51.2 Å². The molecule has 8 aromatic rings. The molecule has 0 spiro atoms. The summed E-state index contributed by atoms with van der Waals surface area (Å²) in [7, 11) is 0. The van der Waals surface area contributed by atoms with E-state index in [0.29, 0.717) is 12.3 Å². The van der Waals surface area contributed by atoms with E-state index in [0.717, 1.165) is 56.9 Å². The number of unbranched alkanes of at least 4 members (excludes halogenated alkanes) is 1. The van der Waals surface area contributed by atoms with E-state index in [-0.39, 0.29) is 22.6 Å². The maximum absolute atomic E-state index is 11.5. The summed E-state index contributed by atoms with van der Waals surface area (Å²) in [6.45, 7) is 12.5. The lowest BCUT2D eigenvalue weighted by Crippen LogP contribution is -2.18. The highest BCUT2D eigenvalue weighted by molar-refractivity contribution is 6.10. The molecule has 1 aliphatic rings. The van der Waals surface area contributed by atoms with Crippen LogP contribution in [-0.4, -0.2) is 32.4 Å². The molecule has 2 N–H and O–H groups in total. The quantitative estimate of drug-likeness (QED) is 0.107. The molecule has 0 saturated heterocycles. The molecule has 7 heteroatoms. The molecular weight excluding hydrogens is 839 g/mol. The van der Waals surface area contributed by atoms with Crippen LogP contribution in [0.25, 0.3) is 61.3 Å². The molecule has 68 heavy (non-hydrogen) atoms. The molecule has 0 bridgehead atoms. The molecule has 342 valence electrons. The molecule has 7 aromatic carbocycles. The number of hydrogen-bond donors (Lipinski definition) is 2. The zero-order chi connectivity index (χ0) is 47.5. The van der Waals surface area contributed by atoms with Crippen LogP contribution >= 0.6 is 0 Å². The zero-order valence-corrected chi connectivity index (χ0v) is 39.6. The smallest absolute Gasteiger partial charge is 0.335 e. The summed E-state index contributed by atoms with van der Waals surface area (Å²) in [4.78, 5) is 22.8. The van der Waals surface area contributed by atoms with Crippen molar-refractivity contribution in [3.63, 3.8) is 0 Å². The molecular formula is C61H59N3O4. The molecule has 0 fully saturated rings. The summed E-state index contributed by atoms with van der Waals surface area (Å²) in [5, 5.41) is 28.7. The van der Waals surface area contributed by atoms with Gasteiger partial charge < -0.3 is 14.8 Å². The van der Waals surface area contributed by atoms with Gasteiger partial charge in [-0.3, -0.25) is 5.01 Å². The summed E-state index contributed by atoms with van der Waals surface area (Å²) in [5.74, 6) is -1.24. The van der Waals surface area contributed by atoms with E-state index in [2.05, 4.69) is 166 Å². The van der Waals surface area contributed by atoms with Gasteiger partial charge in [0.15, 0.2) is 0 Å². The van der Waals surface area contributed by atoms with E-state index in [4.69, 9.17) is 5.10 Å². The van der Waals surface area contributed by atoms with Crippen LogP contribution < -0.4 is 5.01 Å². The molecule has 2 unspecified atom stereocenters. The second kappa shape index (κ2) is 19.4. The fourth-order valence-corrected chi connectivity index (χ4v) is 9.55. The minimum atomic E-state index is -0.939. The third-order valence-corrected chi connectivity index (χ3v) is 13.7. The average Bonchev–Trinajstić information content (AvgIpc) is 3.93. The average molecular weight is 898 g/mol. The Bertz CT molecular complexity index is 3150. The molecule has 1 aliphatic heterocycles. The fourth-order valence-electron chi connectivity index (χ4n) is 9.55. The summed E-state index contributed by atoms with van der Waals surface area (Å²) in [6, 6.07) is 53.5. The molecule has 2 atom stereocenters. The minimum Gasteiger partial charge on any atom is -0.478 e. The normalized spacial score (nSPS) is 14.5. The van der Waals surface area contributed by atoms with Crippen molar-refractivity contribution in [3.8, 4) is 33.4 Å². The monoisotopic (exact) mass is 897 g/mol. The molecule has 1 aromatic heterocycles. The zero-order valence-electron chi connectivity index (χ0n) is 39.6. The van der Waals surface area contributed by atoms with Crippen molar-refractivity contribution in [2.24, 2.45) is 11.0 Å². The minimum absolute atomic E-state index is 0.0406. The molecule has 0 aliphatic carbocycles. The van der Waals surface area contributed by atoms with Crippen LogP contribution in [0.3, 0.4) is 0 Å². The Kier molecular flexibility index (Phi) is 13.0. The maximum atomic E-state index is 11.5. The molecule has 9 rings (SSSR count). The number of carboxylic acid groups (broad SMARTS) is 2. The number of aromatic nitrogens is 1. The first-order chi connectivity index (χ1) is 32.9. The highest BCUT2D eigenvalue weighted by Crippen LogP contribution is 2.40. The Labute approximate surface area is 399 Å². The van der Waals surface area contributed by atoms with Gasteiger partial charge in [0.05, 0.1) is 28.6 Å². The first kappa shape index (κ1) is 45.6. The largest absolute Gasteiger partial charge is 0.478 e. The van der Waals surface area contributed by atoms with Crippen LogP contribution in [-0.2, 0) is 12.0 Å². The number of benzene rings is 7. The van der Waals surface area contributed by atoms with Crippen molar-refractivity contribution in [3.05, 3.63) is 192 Å². The number of fused-ring (bicyclic) bond motifs is 3. The van der Waals surface area contributed by atoms with Crippen molar-refractivity contribution < 1.29 is 19.8 Å². The topological polar surface area (TPSA) is 95.1 Å². The van der Waals surface area contributed by atoms with Crippen LogP contribution in [0.4, 0.5) is 5.69 Å². The lowest BCUT2D eigenvalue weighted by molar-refractivity contribution is 0.0686. The third kappa shape index (κ3) is 9.66. The number of nitrogens with zero attached hydrogens (tertiary/aromatic N) is 3. The molecule has 2 heterocycles. The number of carboxylic acids is 2. The van der Waals surface area contributed by atoms with Gasteiger partial charge in [0.25, 0.3) is 0 Å². The third-order valence-electron chi connectivity index (χ3n) is 13.7. The number of carbonyl (C=O) groups is 2. The second-order valence-corrected chi connectivity index (χ2v) is 19.3. The van der Waals surface area contributed by atoms with E-state index in [1.165, 1.54) is 58.6 Å². The number of hydrazone groups is 1. The second-order valence-electron chi connectivity index (χ2n) is 19.3. The van der Waals surface area contributed by atoms with Crippen LogP contribution in [0.2, 0.25) is 0 Å². The molecule has 7 nitrogen and oxygen atoms in total. The molecule has 0 amide bonds. The van der Waals surface area contributed by atoms with Gasteiger partial charge in [-0.25, -0.2) is 9.59 Å². The Morgan fingerprint density at radius 2 is 1.13 bits per heavy atom. The number of rotatable bonds is 15. The SMILES string of the molecule is CCCCC(CC)Cn1c2ccc(-c3ccc(N4N=C(/C=C/c5ccc(-c6ccc(C(=O)O)cc6)cc5)CC4c4ccc(-c5ccc(C(=O)O)cc5)cc4)cc3)cc2c2cc(C(C)(C)C)ccc21. The molecule has 0 radical (unpaired) electrons. The Morgan fingerprint density at radius 1 is 0.632 bits per heavy atom. The van der Waals surface area contributed by atoms with E-state index >= 15 is 0 Å². The highest BCUT2D eigenvalue weighted by Gasteiger charge is 2.29.